The number of carbonyl (C=O) groups is 4. The topological polar surface area (TPSA) is 130 Å². The summed E-state index contributed by atoms with van der Waals surface area (Å²) in [5, 5.41) is 13.8. The summed E-state index contributed by atoms with van der Waals surface area (Å²) in [5.41, 5.74) is -0.877. The first-order valence-corrected chi connectivity index (χ1v) is 11.2. The first-order valence-electron chi connectivity index (χ1n) is 11.2. The molecule has 0 aliphatic carbocycles. The van der Waals surface area contributed by atoms with Crippen LogP contribution in [-0.4, -0.2) is 98.0 Å². The van der Waals surface area contributed by atoms with Crippen LogP contribution in [0, 0.1) is 0 Å². The number of imide groups is 2. The van der Waals surface area contributed by atoms with Gasteiger partial charge < -0.3 is 15.1 Å². The lowest BCUT2D eigenvalue weighted by molar-refractivity contribution is -0.904. The first kappa shape index (κ1) is 24.6. The van der Waals surface area contributed by atoms with Crippen molar-refractivity contribution in [3.05, 3.63) is 11.9 Å². The second-order valence-corrected chi connectivity index (χ2v) is 10.5. The summed E-state index contributed by atoms with van der Waals surface area (Å²) in [4.78, 5) is 51.0. The van der Waals surface area contributed by atoms with Crippen molar-refractivity contribution < 1.29 is 23.7 Å². The summed E-state index contributed by atoms with van der Waals surface area (Å²) in [5.74, 6) is -0.417. The molecule has 1 aromatic rings. The molecule has 0 aromatic carbocycles. The fourth-order valence-corrected chi connectivity index (χ4v) is 4.13. The second kappa shape index (κ2) is 8.73. The van der Waals surface area contributed by atoms with Crippen LogP contribution in [0.1, 0.15) is 46.2 Å². The zero-order chi connectivity index (χ0) is 24.6. The number of amides is 6. The van der Waals surface area contributed by atoms with Gasteiger partial charge in [0.05, 0.1) is 26.8 Å². The van der Waals surface area contributed by atoms with Crippen LogP contribution in [0.15, 0.2) is 6.20 Å². The molecule has 2 aliphatic heterocycles. The Morgan fingerprint density at radius 1 is 0.848 bits per heavy atom. The highest BCUT2D eigenvalue weighted by Gasteiger charge is 2.44. The zero-order valence-electron chi connectivity index (χ0n) is 20.3. The summed E-state index contributed by atoms with van der Waals surface area (Å²) >= 11 is 0. The Morgan fingerprint density at radius 3 is 1.85 bits per heavy atom. The highest BCUT2D eigenvalue weighted by atomic mass is 16.2. The van der Waals surface area contributed by atoms with Crippen molar-refractivity contribution in [2.75, 3.05) is 33.7 Å². The Hall–Kier alpha value is -3.02. The number of carbonyl (C=O) groups excluding carboxylic acids is 4. The molecule has 3 heterocycles. The summed E-state index contributed by atoms with van der Waals surface area (Å²) in [6.45, 7) is 9.43. The van der Waals surface area contributed by atoms with E-state index in [4.69, 9.17) is 0 Å². The van der Waals surface area contributed by atoms with E-state index in [9.17, 15) is 19.2 Å². The van der Waals surface area contributed by atoms with E-state index in [2.05, 4.69) is 35.0 Å². The van der Waals surface area contributed by atoms with Crippen molar-refractivity contribution in [2.45, 2.75) is 64.7 Å². The molecule has 2 aliphatic rings. The highest BCUT2D eigenvalue weighted by Crippen LogP contribution is 2.18. The van der Waals surface area contributed by atoms with Gasteiger partial charge >= 0.3 is 12.1 Å². The molecule has 3 rings (SSSR count). The largest absolute Gasteiger partial charge is 0.325 e. The third-order valence-electron chi connectivity index (χ3n) is 5.98. The summed E-state index contributed by atoms with van der Waals surface area (Å²) in [6, 6.07) is -0.699. The monoisotopic (exact) mass is 463 g/mol. The predicted octanol–water partition coefficient (Wildman–Crippen LogP) is 0.296. The van der Waals surface area contributed by atoms with E-state index in [1.165, 1.54) is 9.80 Å². The smallest absolute Gasteiger partial charge is 0.324 e. The number of aryl methyl sites for hydroxylation is 1. The molecular weight excluding hydrogens is 428 g/mol. The fraction of sp³-hybridized carbons (Fsp3) is 0.714. The van der Waals surface area contributed by atoms with Crippen molar-refractivity contribution in [1.82, 2.24) is 35.4 Å². The molecule has 33 heavy (non-hydrogen) atoms. The Morgan fingerprint density at radius 2 is 1.36 bits per heavy atom. The van der Waals surface area contributed by atoms with Crippen molar-refractivity contribution in [2.24, 2.45) is 0 Å². The molecule has 2 saturated heterocycles. The molecule has 182 valence electrons. The van der Waals surface area contributed by atoms with Crippen molar-refractivity contribution in [3.63, 3.8) is 0 Å². The number of aromatic nitrogens is 3. The summed E-state index contributed by atoms with van der Waals surface area (Å²) in [7, 11) is 4.13. The van der Waals surface area contributed by atoms with Crippen LogP contribution in [0.2, 0.25) is 0 Å². The molecule has 6 amide bonds. The van der Waals surface area contributed by atoms with Crippen LogP contribution in [0.5, 0.6) is 0 Å². The minimum absolute atomic E-state index is 0.197. The van der Waals surface area contributed by atoms with E-state index in [0.717, 1.165) is 12.2 Å². The van der Waals surface area contributed by atoms with Gasteiger partial charge in [-0.15, -0.1) is 5.10 Å². The predicted molar refractivity (Wildman–Crippen MR) is 119 cm³/mol. The minimum atomic E-state index is -0.858. The number of hydrogen-bond acceptors (Lipinski definition) is 6. The molecule has 0 saturated carbocycles. The lowest BCUT2D eigenvalue weighted by Crippen LogP contribution is -2.42. The van der Waals surface area contributed by atoms with Gasteiger partial charge in [0.2, 0.25) is 0 Å². The van der Waals surface area contributed by atoms with Gasteiger partial charge in [0.1, 0.15) is 23.3 Å². The molecule has 12 heteroatoms. The van der Waals surface area contributed by atoms with Crippen LogP contribution in [0.3, 0.4) is 0 Å². The molecule has 2 N–H and O–H groups in total. The third kappa shape index (κ3) is 5.49. The van der Waals surface area contributed by atoms with E-state index in [-0.39, 0.29) is 23.9 Å². The summed E-state index contributed by atoms with van der Waals surface area (Å²) in [6.07, 6.45) is 3.13. The number of urea groups is 2. The number of nitrogens with zero attached hydrogens (tertiary/aromatic N) is 6. The molecule has 0 bridgehead atoms. The molecule has 0 atom stereocenters. The SMILES string of the molecule is CC1(C)NC(=O)N(CCCn2cc(C[N+](C)(C)CCCN3C(=O)NC(C)(C)C3=O)nn2)C1=O. The fourth-order valence-electron chi connectivity index (χ4n) is 4.13. The maximum Gasteiger partial charge on any atom is 0.325 e. The summed E-state index contributed by atoms with van der Waals surface area (Å²) < 4.78 is 2.34. The number of hydrogen-bond donors (Lipinski definition) is 2. The van der Waals surface area contributed by atoms with Gasteiger partial charge in [0, 0.05) is 26.1 Å². The van der Waals surface area contributed by atoms with Crippen molar-refractivity contribution in [3.8, 4) is 0 Å². The second-order valence-electron chi connectivity index (χ2n) is 10.5. The van der Waals surface area contributed by atoms with Crippen LogP contribution >= 0.6 is 0 Å². The molecule has 0 unspecified atom stereocenters. The van der Waals surface area contributed by atoms with Crippen LogP contribution in [-0.2, 0) is 22.7 Å². The van der Waals surface area contributed by atoms with Crippen LogP contribution < -0.4 is 10.6 Å². The average Bonchev–Trinajstić information content (AvgIpc) is 3.25. The van der Waals surface area contributed by atoms with E-state index in [1.54, 1.807) is 32.4 Å². The maximum absolute atomic E-state index is 12.3. The molecule has 0 spiro atoms. The number of rotatable bonds is 10. The van der Waals surface area contributed by atoms with E-state index < -0.39 is 11.1 Å². The van der Waals surface area contributed by atoms with Gasteiger partial charge in [-0.1, -0.05) is 5.21 Å². The molecule has 2 fully saturated rings. The van der Waals surface area contributed by atoms with Gasteiger partial charge in [-0.2, -0.15) is 0 Å². The van der Waals surface area contributed by atoms with Crippen LogP contribution in [0.4, 0.5) is 9.59 Å². The molecule has 1 aromatic heterocycles. The van der Waals surface area contributed by atoms with E-state index in [1.807, 2.05) is 6.20 Å². The van der Waals surface area contributed by atoms with E-state index >= 15 is 0 Å². The van der Waals surface area contributed by atoms with Crippen molar-refractivity contribution >= 4 is 23.9 Å². The van der Waals surface area contributed by atoms with Gasteiger partial charge in [0.25, 0.3) is 11.8 Å². The Bertz CT molecular complexity index is 952. The van der Waals surface area contributed by atoms with Crippen LogP contribution in [0.25, 0.3) is 0 Å². The van der Waals surface area contributed by atoms with Gasteiger partial charge in [-0.05, 0) is 34.1 Å². The van der Waals surface area contributed by atoms with Gasteiger partial charge in [0.15, 0.2) is 0 Å². The Balaban J connectivity index is 1.44. The Kier molecular flexibility index (Phi) is 6.51. The normalized spacial score (nSPS) is 19.9. The molecule has 0 radical (unpaired) electrons. The minimum Gasteiger partial charge on any atom is -0.324 e. The standard InChI is InChI=1S/C21H34N8O4/c1-20(2)16(30)27(18(32)22-20)10-7-9-26-13-15(24-25-26)14-29(5,6)12-8-11-28-17(31)21(3,4)23-19(28)33/h13H,7-12,14H2,1-6H3,(H-,22,23,32,33)/p+1. The number of quaternary nitrogens is 1. The maximum atomic E-state index is 12.3. The van der Waals surface area contributed by atoms with E-state index in [0.29, 0.717) is 43.5 Å². The van der Waals surface area contributed by atoms with Gasteiger partial charge in [-0.25, -0.2) is 9.59 Å². The van der Waals surface area contributed by atoms with Crippen molar-refractivity contribution in [1.29, 1.82) is 0 Å². The number of nitrogens with one attached hydrogen (secondary N) is 2. The lowest BCUT2D eigenvalue weighted by Gasteiger charge is -2.29. The lowest BCUT2D eigenvalue weighted by atomic mass is 10.1. The third-order valence-corrected chi connectivity index (χ3v) is 5.98. The zero-order valence-corrected chi connectivity index (χ0v) is 20.3. The Labute approximate surface area is 193 Å². The quantitative estimate of drug-likeness (QED) is 0.379. The highest BCUT2D eigenvalue weighted by molar-refractivity contribution is 6.07. The molecule has 12 nitrogen and oxygen atoms in total. The first-order chi connectivity index (χ1) is 15.2. The van der Waals surface area contributed by atoms with Gasteiger partial charge in [-0.3, -0.25) is 24.1 Å². The average molecular weight is 464 g/mol. The molecular formula is C21H35N8O4+.